The summed E-state index contributed by atoms with van der Waals surface area (Å²) in [5, 5.41) is 12.6. The monoisotopic (exact) mass is 281 g/mol. The number of hydrogen-bond acceptors (Lipinski definition) is 4. The van der Waals surface area contributed by atoms with Crippen LogP contribution in [0.25, 0.3) is 0 Å². The van der Waals surface area contributed by atoms with Gasteiger partial charge >= 0.3 is 0 Å². The van der Waals surface area contributed by atoms with Crippen LogP contribution in [0.2, 0.25) is 0 Å². The van der Waals surface area contributed by atoms with Gasteiger partial charge in [0.15, 0.2) is 0 Å². The van der Waals surface area contributed by atoms with Crippen molar-refractivity contribution in [2.45, 2.75) is 33.0 Å². The van der Waals surface area contributed by atoms with Gasteiger partial charge in [0.1, 0.15) is 18.2 Å². The molecule has 1 aromatic carbocycles. The van der Waals surface area contributed by atoms with E-state index in [2.05, 4.69) is 11.9 Å². The Labute approximate surface area is 115 Å². The first-order valence-electron chi connectivity index (χ1n) is 6.13. The van der Waals surface area contributed by atoms with Crippen LogP contribution in [0, 0.1) is 5.82 Å². The molecule has 1 unspecified atom stereocenters. The molecule has 0 amide bonds. The Hall–Kier alpha value is -1.46. The SMILES string of the molecule is CCc1nc(COc2ccc(F)cc2C(C)O)cs1. The Bertz CT molecular complexity index is 554. The minimum atomic E-state index is -0.771. The molecule has 0 saturated heterocycles. The highest BCUT2D eigenvalue weighted by molar-refractivity contribution is 7.09. The van der Waals surface area contributed by atoms with Crippen LogP contribution in [-0.4, -0.2) is 10.1 Å². The second kappa shape index (κ2) is 6.12. The van der Waals surface area contributed by atoms with Crippen LogP contribution in [0.15, 0.2) is 23.6 Å². The van der Waals surface area contributed by atoms with Crippen molar-refractivity contribution >= 4 is 11.3 Å². The van der Waals surface area contributed by atoms with E-state index < -0.39 is 6.10 Å². The summed E-state index contributed by atoms with van der Waals surface area (Å²) in [7, 11) is 0. The van der Waals surface area contributed by atoms with Gasteiger partial charge in [-0.25, -0.2) is 9.37 Å². The third-order valence-corrected chi connectivity index (χ3v) is 3.74. The summed E-state index contributed by atoms with van der Waals surface area (Å²) in [5.41, 5.74) is 1.30. The Morgan fingerprint density at radius 3 is 2.89 bits per heavy atom. The highest BCUT2D eigenvalue weighted by Crippen LogP contribution is 2.26. The summed E-state index contributed by atoms with van der Waals surface area (Å²) in [6.45, 7) is 3.95. The standard InChI is InChI=1S/C14H16FNO2S/c1-3-14-16-11(8-19-14)7-18-13-5-4-10(15)6-12(13)9(2)17/h4-6,8-9,17H,3,7H2,1-2H3. The maximum atomic E-state index is 13.1. The molecule has 2 rings (SSSR count). The quantitative estimate of drug-likeness (QED) is 0.912. The molecule has 0 aliphatic heterocycles. The zero-order valence-electron chi connectivity index (χ0n) is 10.9. The van der Waals surface area contributed by atoms with Gasteiger partial charge in [0.25, 0.3) is 0 Å². The lowest BCUT2D eigenvalue weighted by atomic mass is 10.1. The first kappa shape index (κ1) is 14.0. The average molecular weight is 281 g/mol. The fourth-order valence-corrected chi connectivity index (χ4v) is 2.44. The number of aryl methyl sites for hydroxylation is 1. The molecule has 3 nitrogen and oxygen atoms in total. The molecule has 1 N–H and O–H groups in total. The van der Waals surface area contributed by atoms with Crippen LogP contribution < -0.4 is 4.74 Å². The maximum absolute atomic E-state index is 13.1. The molecule has 0 aliphatic rings. The van der Waals surface area contributed by atoms with Gasteiger partial charge in [-0.05, 0) is 31.5 Å². The van der Waals surface area contributed by atoms with Crippen LogP contribution in [-0.2, 0) is 13.0 Å². The molecular formula is C14H16FNO2S. The smallest absolute Gasteiger partial charge is 0.131 e. The van der Waals surface area contributed by atoms with E-state index >= 15 is 0 Å². The Morgan fingerprint density at radius 1 is 1.47 bits per heavy atom. The van der Waals surface area contributed by atoms with Crippen molar-refractivity contribution < 1.29 is 14.2 Å². The fraction of sp³-hybridized carbons (Fsp3) is 0.357. The summed E-state index contributed by atoms with van der Waals surface area (Å²) in [6.07, 6.45) is 0.132. The minimum absolute atomic E-state index is 0.321. The average Bonchev–Trinajstić information content (AvgIpc) is 2.85. The van der Waals surface area contributed by atoms with Crippen LogP contribution in [0.5, 0.6) is 5.75 Å². The van der Waals surface area contributed by atoms with Crippen molar-refractivity contribution in [3.63, 3.8) is 0 Å². The third-order valence-electron chi connectivity index (χ3n) is 2.70. The van der Waals surface area contributed by atoms with E-state index in [-0.39, 0.29) is 5.82 Å². The van der Waals surface area contributed by atoms with Crippen molar-refractivity contribution in [3.05, 3.63) is 45.7 Å². The molecule has 0 spiro atoms. The largest absolute Gasteiger partial charge is 0.487 e. The number of aromatic nitrogens is 1. The molecule has 5 heteroatoms. The van der Waals surface area contributed by atoms with Crippen molar-refractivity contribution in [1.29, 1.82) is 0 Å². The van der Waals surface area contributed by atoms with E-state index in [4.69, 9.17) is 4.74 Å². The van der Waals surface area contributed by atoms with E-state index in [1.54, 1.807) is 18.3 Å². The topological polar surface area (TPSA) is 42.4 Å². The lowest BCUT2D eigenvalue weighted by molar-refractivity contribution is 0.189. The molecule has 0 fully saturated rings. The molecule has 102 valence electrons. The Kier molecular flexibility index (Phi) is 4.50. The molecule has 0 bridgehead atoms. The van der Waals surface area contributed by atoms with Gasteiger partial charge in [-0.2, -0.15) is 0 Å². The number of thiazole rings is 1. The van der Waals surface area contributed by atoms with Crippen molar-refractivity contribution in [3.8, 4) is 5.75 Å². The van der Waals surface area contributed by atoms with Gasteiger partial charge in [-0.1, -0.05) is 6.92 Å². The summed E-state index contributed by atoms with van der Waals surface area (Å²) in [4.78, 5) is 4.39. The third kappa shape index (κ3) is 3.52. The van der Waals surface area contributed by atoms with E-state index in [1.807, 2.05) is 5.38 Å². The molecule has 19 heavy (non-hydrogen) atoms. The fourth-order valence-electron chi connectivity index (χ4n) is 1.71. The molecular weight excluding hydrogens is 265 g/mol. The lowest BCUT2D eigenvalue weighted by Gasteiger charge is -2.12. The molecule has 0 radical (unpaired) electrons. The van der Waals surface area contributed by atoms with Gasteiger partial charge in [0.2, 0.25) is 0 Å². The van der Waals surface area contributed by atoms with Crippen molar-refractivity contribution in [2.75, 3.05) is 0 Å². The van der Waals surface area contributed by atoms with Crippen molar-refractivity contribution in [2.24, 2.45) is 0 Å². The highest BCUT2D eigenvalue weighted by Gasteiger charge is 2.11. The van der Waals surface area contributed by atoms with E-state index in [9.17, 15) is 9.50 Å². The minimum Gasteiger partial charge on any atom is -0.487 e. The van der Waals surface area contributed by atoms with E-state index in [0.717, 1.165) is 17.1 Å². The number of benzene rings is 1. The lowest BCUT2D eigenvalue weighted by Crippen LogP contribution is -2.02. The molecule has 2 aromatic rings. The molecule has 0 aliphatic carbocycles. The van der Waals surface area contributed by atoms with Crippen molar-refractivity contribution in [1.82, 2.24) is 4.98 Å². The summed E-state index contributed by atoms with van der Waals surface area (Å²) in [6, 6.07) is 4.14. The van der Waals surface area contributed by atoms with Gasteiger partial charge in [-0.3, -0.25) is 0 Å². The van der Waals surface area contributed by atoms with Crippen LogP contribution in [0.4, 0.5) is 4.39 Å². The molecule has 0 saturated carbocycles. The number of aliphatic hydroxyl groups excluding tert-OH is 1. The Balaban J connectivity index is 2.10. The molecule has 1 aromatic heterocycles. The van der Waals surface area contributed by atoms with Gasteiger partial charge in [0.05, 0.1) is 16.8 Å². The maximum Gasteiger partial charge on any atom is 0.131 e. The predicted octanol–water partition coefficient (Wildman–Crippen LogP) is 3.48. The second-order valence-electron chi connectivity index (χ2n) is 4.23. The highest BCUT2D eigenvalue weighted by atomic mass is 32.1. The van der Waals surface area contributed by atoms with Gasteiger partial charge < -0.3 is 9.84 Å². The normalized spacial score (nSPS) is 12.4. The van der Waals surface area contributed by atoms with E-state index in [0.29, 0.717) is 17.9 Å². The van der Waals surface area contributed by atoms with Gasteiger partial charge in [-0.15, -0.1) is 11.3 Å². The number of hydrogen-bond donors (Lipinski definition) is 1. The number of aliphatic hydroxyl groups is 1. The second-order valence-corrected chi connectivity index (χ2v) is 5.18. The predicted molar refractivity (Wildman–Crippen MR) is 72.9 cm³/mol. The summed E-state index contributed by atoms with van der Waals surface area (Å²) < 4.78 is 18.8. The number of halogens is 1. The summed E-state index contributed by atoms with van der Waals surface area (Å²) >= 11 is 1.60. The van der Waals surface area contributed by atoms with Crippen LogP contribution >= 0.6 is 11.3 Å². The number of rotatable bonds is 5. The zero-order valence-corrected chi connectivity index (χ0v) is 11.7. The molecule has 1 atom stereocenters. The number of nitrogens with zero attached hydrogens (tertiary/aromatic N) is 1. The first-order valence-corrected chi connectivity index (χ1v) is 7.01. The first-order chi connectivity index (χ1) is 9.10. The van der Waals surface area contributed by atoms with Gasteiger partial charge in [0, 0.05) is 10.9 Å². The number of ether oxygens (including phenoxy) is 1. The Morgan fingerprint density at radius 2 is 2.26 bits per heavy atom. The zero-order chi connectivity index (χ0) is 13.8. The summed E-state index contributed by atoms with van der Waals surface area (Å²) in [5.74, 6) is 0.104. The van der Waals surface area contributed by atoms with Crippen LogP contribution in [0.1, 0.15) is 36.2 Å². The van der Waals surface area contributed by atoms with Crippen LogP contribution in [0.3, 0.4) is 0 Å². The van der Waals surface area contributed by atoms with E-state index in [1.165, 1.54) is 18.2 Å². The molecule has 1 heterocycles.